The molecule has 0 nitrogen and oxygen atoms in total. The minimum Gasteiger partial charge on any atom is -0.345 e. The van der Waals surface area contributed by atoms with E-state index in [0.29, 0.717) is 11.8 Å². The molecule has 8 heavy (non-hydrogen) atoms. The van der Waals surface area contributed by atoms with Gasteiger partial charge in [0, 0.05) is 32.7 Å². The monoisotopic (exact) mass is 187 g/mol. The molecule has 0 fully saturated rings. The molecule has 1 atom stereocenters. The second kappa shape index (κ2) is 6.23. The molecule has 0 saturated heterocycles. The van der Waals surface area contributed by atoms with Crippen LogP contribution in [0.15, 0.2) is 0 Å². The summed E-state index contributed by atoms with van der Waals surface area (Å²) in [5.74, 6) is 1.23. The molecule has 0 aliphatic carbocycles. The molecule has 0 aliphatic heterocycles. The van der Waals surface area contributed by atoms with Crippen LogP contribution in [0.2, 0.25) is 0 Å². The predicted octanol–water partition coefficient (Wildman–Crippen LogP) is 2.31. The molecule has 0 aromatic rings. The zero-order valence-electron chi connectivity index (χ0n) is 5.85. The number of hydrogen-bond acceptors (Lipinski definition) is 0. The topological polar surface area (TPSA) is 0 Å². The summed E-state index contributed by atoms with van der Waals surface area (Å²) in [4.78, 5) is 0. The minimum atomic E-state index is 0. The van der Waals surface area contributed by atoms with Crippen molar-refractivity contribution in [3.05, 3.63) is 13.8 Å². The Hall–Kier alpha value is 1.10. The molecular weight excluding hydrogens is 173 g/mol. The maximum absolute atomic E-state index is 3.89. The normalized spacial score (nSPS) is 13.1. The fourth-order valence-electron chi connectivity index (χ4n) is 0.333. The van der Waals surface area contributed by atoms with Crippen LogP contribution >= 0.6 is 0 Å². The van der Waals surface area contributed by atoms with E-state index in [9.17, 15) is 0 Å². The van der Waals surface area contributed by atoms with Gasteiger partial charge in [-0.3, -0.25) is 0 Å². The van der Waals surface area contributed by atoms with Gasteiger partial charge >= 0.3 is 0 Å². The molecule has 1 heteroatoms. The van der Waals surface area contributed by atoms with Gasteiger partial charge in [0.15, 0.2) is 0 Å². The summed E-state index contributed by atoms with van der Waals surface area (Å²) >= 11 is 0. The predicted molar refractivity (Wildman–Crippen MR) is 33.7 cm³/mol. The summed E-state index contributed by atoms with van der Waals surface area (Å²) in [6, 6.07) is 0. The molecule has 0 N–H and O–H groups in total. The molecule has 0 saturated carbocycles. The second-order valence-electron chi connectivity index (χ2n) is 2.29. The largest absolute Gasteiger partial charge is 0.345 e. The molecule has 0 rings (SSSR count). The SMILES string of the molecule is [CH2-]CC([CH2-])C(C)C.[Y]. The number of rotatable bonds is 2. The summed E-state index contributed by atoms with van der Waals surface area (Å²) in [5, 5.41) is 0. The Morgan fingerprint density at radius 1 is 1.38 bits per heavy atom. The maximum Gasteiger partial charge on any atom is 0 e. The average molecular weight is 187 g/mol. The van der Waals surface area contributed by atoms with Gasteiger partial charge in [-0.15, -0.1) is 0 Å². The van der Waals surface area contributed by atoms with Crippen molar-refractivity contribution < 1.29 is 32.7 Å². The van der Waals surface area contributed by atoms with Crippen LogP contribution in [0.25, 0.3) is 0 Å². The van der Waals surface area contributed by atoms with E-state index in [-0.39, 0.29) is 32.7 Å². The van der Waals surface area contributed by atoms with Crippen LogP contribution < -0.4 is 0 Å². The smallest absolute Gasteiger partial charge is 0 e. The summed E-state index contributed by atoms with van der Waals surface area (Å²) in [6.45, 7) is 12.0. The van der Waals surface area contributed by atoms with Crippen LogP contribution in [0.4, 0.5) is 0 Å². The molecule has 0 aromatic carbocycles. The van der Waals surface area contributed by atoms with Crippen LogP contribution in [-0.4, -0.2) is 0 Å². The zero-order chi connectivity index (χ0) is 5.86. The zero-order valence-corrected chi connectivity index (χ0v) is 8.69. The van der Waals surface area contributed by atoms with E-state index in [0.717, 1.165) is 6.42 Å². The molecule has 0 aromatic heterocycles. The first kappa shape index (κ1) is 11.8. The molecule has 0 bridgehead atoms. The van der Waals surface area contributed by atoms with Crippen molar-refractivity contribution in [2.24, 2.45) is 11.8 Å². The van der Waals surface area contributed by atoms with E-state index in [2.05, 4.69) is 27.7 Å². The number of hydrogen-bond donors (Lipinski definition) is 0. The summed E-state index contributed by atoms with van der Waals surface area (Å²) in [7, 11) is 0. The summed E-state index contributed by atoms with van der Waals surface area (Å²) in [5.41, 5.74) is 0. The van der Waals surface area contributed by atoms with E-state index < -0.39 is 0 Å². The fraction of sp³-hybridized carbons (Fsp3) is 0.714. The van der Waals surface area contributed by atoms with Gasteiger partial charge in [-0.25, -0.2) is 6.42 Å². The van der Waals surface area contributed by atoms with Gasteiger partial charge in [-0.05, 0) is 0 Å². The van der Waals surface area contributed by atoms with E-state index in [1.807, 2.05) is 0 Å². The van der Waals surface area contributed by atoms with E-state index in [4.69, 9.17) is 0 Å². The van der Waals surface area contributed by atoms with Gasteiger partial charge in [0.2, 0.25) is 0 Å². The van der Waals surface area contributed by atoms with Crippen molar-refractivity contribution in [3.8, 4) is 0 Å². The van der Waals surface area contributed by atoms with Gasteiger partial charge in [0.25, 0.3) is 0 Å². The molecule has 47 valence electrons. The van der Waals surface area contributed by atoms with Gasteiger partial charge in [-0.1, -0.05) is 19.8 Å². The van der Waals surface area contributed by atoms with E-state index in [1.165, 1.54) is 0 Å². The molecule has 0 heterocycles. The van der Waals surface area contributed by atoms with Crippen molar-refractivity contribution in [1.82, 2.24) is 0 Å². The third-order valence-corrected chi connectivity index (χ3v) is 1.31. The van der Waals surface area contributed by atoms with Crippen molar-refractivity contribution in [2.75, 3.05) is 0 Å². The fourth-order valence-corrected chi connectivity index (χ4v) is 0.333. The first-order valence-corrected chi connectivity index (χ1v) is 2.80. The third-order valence-electron chi connectivity index (χ3n) is 1.31. The second-order valence-corrected chi connectivity index (χ2v) is 2.29. The standard InChI is InChI=1S/C7H14.Y/c1-5-7(4)6(2)3;/h6-7H,1,4-5H2,2-3H3;/q-2;. The Bertz CT molecular complexity index is 41.7. The average Bonchev–Trinajstić information content (AvgIpc) is 1.65. The Morgan fingerprint density at radius 3 is 1.75 bits per heavy atom. The summed E-state index contributed by atoms with van der Waals surface area (Å²) in [6.07, 6.45) is 0.956. The van der Waals surface area contributed by atoms with Crippen molar-refractivity contribution >= 4 is 0 Å². The van der Waals surface area contributed by atoms with Crippen LogP contribution in [0.3, 0.4) is 0 Å². The maximum atomic E-state index is 3.89. The minimum absolute atomic E-state index is 0. The Morgan fingerprint density at radius 2 is 1.75 bits per heavy atom. The Labute approximate surface area is 78.3 Å². The van der Waals surface area contributed by atoms with Crippen LogP contribution in [0.5, 0.6) is 0 Å². The van der Waals surface area contributed by atoms with Crippen molar-refractivity contribution in [2.45, 2.75) is 20.3 Å². The first-order chi connectivity index (χ1) is 3.18. The molecule has 1 unspecified atom stereocenters. The van der Waals surface area contributed by atoms with Gasteiger partial charge in [0.05, 0.1) is 0 Å². The van der Waals surface area contributed by atoms with Crippen LogP contribution in [-0.2, 0) is 32.7 Å². The van der Waals surface area contributed by atoms with E-state index >= 15 is 0 Å². The summed E-state index contributed by atoms with van der Waals surface area (Å²) < 4.78 is 0. The molecule has 1 radical (unpaired) electrons. The Balaban J connectivity index is 0. The van der Waals surface area contributed by atoms with Gasteiger partial charge in [-0.2, -0.15) is 5.92 Å². The van der Waals surface area contributed by atoms with Gasteiger partial charge < -0.3 is 13.8 Å². The molecule has 0 amide bonds. The van der Waals surface area contributed by atoms with Crippen LogP contribution in [0.1, 0.15) is 20.3 Å². The van der Waals surface area contributed by atoms with E-state index in [1.54, 1.807) is 0 Å². The molecule has 0 spiro atoms. The quantitative estimate of drug-likeness (QED) is 0.582. The first-order valence-electron chi connectivity index (χ1n) is 2.80. The van der Waals surface area contributed by atoms with Crippen LogP contribution in [0, 0.1) is 25.7 Å². The van der Waals surface area contributed by atoms with Crippen molar-refractivity contribution in [3.63, 3.8) is 0 Å². The van der Waals surface area contributed by atoms with Crippen molar-refractivity contribution in [1.29, 1.82) is 0 Å². The molecular formula is C7H14Y-2. The Kier molecular flexibility index (Phi) is 9.22. The van der Waals surface area contributed by atoms with Gasteiger partial charge in [0.1, 0.15) is 0 Å². The third kappa shape index (κ3) is 5.24. The molecule has 0 aliphatic rings.